The van der Waals surface area contributed by atoms with Gasteiger partial charge in [0.1, 0.15) is 16.7 Å². The van der Waals surface area contributed by atoms with Gasteiger partial charge in [-0.3, -0.25) is 20.8 Å². The second-order valence-corrected chi connectivity index (χ2v) is 14.0. The molecule has 3 rings (SSSR count). The fourth-order valence-corrected chi connectivity index (χ4v) is 7.29. The highest BCUT2D eigenvalue weighted by atomic mass is 19.4. The van der Waals surface area contributed by atoms with Gasteiger partial charge in [-0.1, -0.05) is 0 Å². The van der Waals surface area contributed by atoms with Gasteiger partial charge < -0.3 is 15.1 Å². The first-order valence-electron chi connectivity index (χ1n) is 19.8. The van der Waals surface area contributed by atoms with Crippen molar-refractivity contribution in [2.75, 3.05) is 58.9 Å². The zero-order valence-corrected chi connectivity index (χ0v) is 36.9. The molecule has 67 heavy (non-hydrogen) atoms. The molecule has 0 radical (unpaired) electrons. The summed E-state index contributed by atoms with van der Waals surface area (Å²) in [4.78, 5) is 0. The molecule has 0 aliphatic rings. The van der Waals surface area contributed by atoms with Crippen LogP contribution in [0.2, 0.25) is 0 Å². The molecule has 0 unspecified atom stereocenters. The standard InChI is InChI=1S/3C13H15F7N.BO3/c3*1-4-21(5-2,6-3)12-10(16)8(14)7(13(18,19)20)9(15)11(12)17;2-1(3)4/h3*4-6H2,1-3H3;/q3*+1;-3. The molecule has 0 saturated carbocycles. The zero-order chi connectivity index (χ0) is 53.3. The Morgan fingerprint density at radius 1 is 0.284 bits per heavy atom. The van der Waals surface area contributed by atoms with E-state index in [1.165, 1.54) is 62.3 Å². The summed E-state index contributed by atoms with van der Waals surface area (Å²) < 4.78 is 277. The van der Waals surface area contributed by atoms with Gasteiger partial charge in [0.25, 0.3) is 0 Å². The minimum atomic E-state index is -5.52. The van der Waals surface area contributed by atoms with E-state index in [0.29, 0.717) is 0 Å². The number of nitrogens with zero attached hydrogens (tertiary/aromatic N) is 3. The van der Waals surface area contributed by atoms with Crippen LogP contribution in [-0.2, 0) is 18.5 Å². The maximum Gasteiger partial charge on any atom is 0.422 e. The van der Waals surface area contributed by atoms with E-state index >= 15 is 0 Å². The smallest absolute Gasteiger partial charge is 0.422 e. The summed E-state index contributed by atoms with van der Waals surface area (Å²) in [7, 11) is -2.92. The molecule has 3 aromatic carbocycles. The minimum absolute atomic E-state index is 0.0745. The van der Waals surface area contributed by atoms with Crippen molar-refractivity contribution < 1.29 is 107 Å². The van der Waals surface area contributed by atoms with Crippen molar-refractivity contribution in [2.24, 2.45) is 0 Å². The van der Waals surface area contributed by atoms with Gasteiger partial charge in [-0.05, 0) is 62.3 Å². The Morgan fingerprint density at radius 2 is 0.388 bits per heavy atom. The molecule has 0 bridgehead atoms. The highest BCUT2D eigenvalue weighted by Gasteiger charge is 2.49. The molecule has 384 valence electrons. The van der Waals surface area contributed by atoms with Crippen LogP contribution in [0.25, 0.3) is 0 Å². The number of benzene rings is 3. The van der Waals surface area contributed by atoms with Crippen LogP contribution in [0.5, 0.6) is 0 Å². The predicted octanol–water partition coefficient (Wildman–Crippen LogP) is 9.94. The molecular formula is C39H45BF21N3O3. The van der Waals surface area contributed by atoms with E-state index in [4.69, 9.17) is 15.1 Å². The molecule has 0 N–H and O–H groups in total. The number of hydrogen-bond donors (Lipinski definition) is 0. The highest BCUT2D eigenvalue weighted by molar-refractivity contribution is 6.24. The van der Waals surface area contributed by atoms with Crippen LogP contribution in [-0.4, -0.2) is 66.2 Å². The van der Waals surface area contributed by atoms with Crippen LogP contribution in [0.15, 0.2) is 0 Å². The van der Waals surface area contributed by atoms with Crippen LogP contribution in [0.3, 0.4) is 0 Å². The highest BCUT2D eigenvalue weighted by Crippen LogP contribution is 2.44. The summed E-state index contributed by atoms with van der Waals surface area (Å²) in [5.41, 5.74) is -10.6. The zero-order valence-electron chi connectivity index (χ0n) is 36.9. The molecule has 0 aromatic heterocycles. The van der Waals surface area contributed by atoms with Crippen molar-refractivity contribution in [1.29, 1.82) is 0 Å². The first kappa shape index (κ1) is 63.0. The maximum atomic E-state index is 14.0. The van der Waals surface area contributed by atoms with Crippen LogP contribution >= 0.6 is 0 Å². The lowest BCUT2D eigenvalue weighted by molar-refractivity contribution is -0.479. The van der Waals surface area contributed by atoms with Crippen molar-refractivity contribution in [3.05, 3.63) is 86.5 Å². The Balaban J connectivity index is 0.000000935. The molecule has 3 aromatic rings. The normalized spacial score (nSPS) is 12.5. The molecule has 0 saturated heterocycles. The van der Waals surface area contributed by atoms with Crippen molar-refractivity contribution in [3.63, 3.8) is 0 Å². The minimum Gasteiger partial charge on any atom is -0.907 e. The van der Waals surface area contributed by atoms with Crippen molar-refractivity contribution in [3.8, 4) is 0 Å². The van der Waals surface area contributed by atoms with E-state index in [2.05, 4.69) is 0 Å². The maximum absolute atomic E-state index is 14.0. The lowest BCUT2D eigenvalue weighted by atomic mass is 10.1. The van der Waals surface area contributed by atoms with E-state index in [9.17, 15) is 92.2 Å². The summed E-state index contributed by atoms with van der Waals surface area (Å²) >= 11 is 0. The Kier molecular flexibility index (Phi) is 22.6. The Hall–Kier alpha value is -3.99. The lowest BCUT2D eigenvalue weighted by Crippen LogP contribution is -2.56. The molecule has 0 spiro atoms. The molecule has 0 aliphatic heterocycles. The van der Waals surface area contributed by atoms with Gasteiger partial charge in [-0.15, -0.1) is 0 Å². The van der Waals surface area contributed by atoms with E-state index in [-0.39, 0.29) is 58.9 Å². The molecule has 0 amide bonds. The van der Waals surface area contributed by atoms with Crippen LogP contribution in [0.4, 0.5) is 109 Å². The average molecular weight is 1010 g/mol. The summed E-state index contributed by atoms with van der Waals surface area (Å²) in [6.07, 6.45) is -16.6. The molecule has 0 aliphatic carbocycles. The number of hydrogen-bond acceptors (Lipinski definition) is 3. The van der Waals surface area contributed by atoms with Crippen LogP contribution < -0.4 is 28.5 Å². The van der Waals surface area contributed by atoms with Crippen LogP contribution in [0.1, 0.15) is 79.0 Å². The average Bonchev–Trinajstić information content (AvgIpc) is 3.23. The second kappa shape index (κ2) is 24.0. The second-order valence-electron chi connectivity index (χ2n) is 14.0. The Morgan fingerprint density at radius 3 is 0.463 bits per heavy atom. The largest absolute Gasteiger partial charge is 0.907 e. The lowest BCUT2D eigenvalue weighted by Gasteiger charge is -2.35. The quantitative estimate of drug-likeness (QED) is 0.0786. The van der Waals surface area contributed by atoms with Crippen molar-refractivity contribution in [2.45, 2.75) is 80.8 Å². The number of halogens is 21. The first-order valence-corrected chi connectivity index (χ1v) is 19.8. The summed E-state index contributed by atoms with van der Waals surface area (Å²) in [5, 5.41) is 25.2. The first-order chi connectivity index (χ1) is 30.4. The van der Waals surface area contributed by atoms with Gasteiger partial charge in [0.15, 0.2) is 34.9 Å². The molecule has 0 fully saturated rings. The molecule has 28 heteroatoms. The molecule has 0 heterocycles. The van der Waals surface area contributed by atoms with Crippen molar-refractivity contribution in [1.82, 2.24) is 13.4 Å². The SMILES string of the molecule is CC[N+](CC)(CC)c1c(F)c(F)c(C(F)(F)F)c(F)c1F.CC[N+](CC)(CC)c1c(F)c(F)c(C(F)(F)F)c(F)c1F.CC[N+](CC)(CC)c1c(F)c(F)c(C(F)(F)F)c(F)c1F.[O-]B([O-])[O-]. The fraction of sp³-hybridized carbons (Fsp3) is 0.538. The molecular weight excluding hydrogens is 968 g/mol. The molecule has 0 atom stereocenters. The number of quaternary nitrogens is 3. The van der Waals surface area contributed by atoms with Crippen molar-refractivity contribution >= 4 is 24.4 Å². The van der Waals surface area contributed by atoms with Gasteiger partial charge >= 0.3 is 18.5 Å². The van der Waals surface area contributed by atoms with E-state index in [1.807, 2.05) is 0 Å². The third-order valence-electron chi connectivity index (χ3n) is 11.4. The van der Waals surface area contributed by atoms with Gasteiger partial charge in [0.2, 0.25) is 52.0 Å². The molecule has 6 nitrogen and oxygen atoms in total. The van der Waals surface area contributed by atoms with E-state index in [1.54, 1.807) is 0 Å². The summed E-state index contributed by atoms with van der Waals surface area (Å²) in [6, 6.07) is 0. The Labute approximate surface area is 371 Å². The van der Waals surface area contributed by atoms with Gasteiger partial charge in [-0.25, -0.2) is 26.3 Å². The van der Waals surface area contributed by atoms with Gasteiger partial charge in [-0.2, -0.15) is 65.9 Å². The fourth-order valence-electron chi connectivity index (χ4n) is 7.29. The monoisotopic (exact) mass is 1010 g/mol. The third-order valence-corrected chi connectivity index (χ3v) is 11.4. The van der Waals surface area contributed by atoms with E-state index in [0.717, 1.165) is 0 Å². The predicted molar refractivity (Wildman–Crippen MR) is 200 cm³/mol. The Bertz CT molecular complexity index is 1790. The van der Waals surface area contributed by atoms with E-state index < -0.39 is 143 Å². The van der Waals surface area contributed by atoms with Crippen LogP contribution in [0, 0.1) is 69.8 Å². The van der Waals surface area contributed by atoms with Gasteiger partial charge in [0.05, 0.1) is 58.9 Å². The number of alkyl halides is 9. The van der Waals surface area contributed by atoms with Gasteiger partial charge in [0, 0.05) is 0 Å². The summed E-state index contributed by atoms with van der Waals surface area (Å²) in [5.74, 6) is -26.4. The third kappa shape index (κ3) is 13.0. The summed E-state index contributed by atoms with van der Waals surface area (Å²) in [6.45, 7) is 14.4. The topological polar surface area (TPSA) is 69.2 Å². The number of rotatable bonds is 12.